The van der Waals surface area contributed by atoms with E-state index in [1.54, 1.807) is 0 Å². The molecule has 0 heterocycles. The SMILES string of the molecule is [CH2]C(F)=CC(C)C. The molecule has 0 saturated carbocycles. The van der Waals surface area contributed by atoms with Crippen LogP contribution in [0.25, 0.3) is 0 Å². The molecule has 41 valence electrons. The van der Waals surface area contributed by atoms with E-state index in [0.29, 0.717) is 0 Å². The molecule has 0 aromatic heterocycles. The van der Waals surface area contributed by atoms with Crippen LogP contribution in [0.1, 0.15) is 13.8 Å². The average molecular weight is 101 g/mol. The van der Waals surface area contributed by atoms with Crippen LogP contribution in [-0.4, -0.2) is 0 Å². The van der Waals surface area contributed by atoms with Crippen LogP contribution < -0.4 is 0 Å². The van der Waals surface area contributed by atoms with Crippen LogP contribution in [0.2, 0.25) is 0 Å². The Morgan fingerprint density at radius 3 is 2.14 bits per heavy atom. The van der Waals surface area contributed by atoms with E-state index in [-0.39, 0.29) is 11.7 Å². The van der Waals surface area contributed by atoms with Crippen LogP contribution in [0.5, 0.6) is 0 Å². The first-order chi connectivity index (χ1) is 3.13. The highest BCUT2D eigenvalue weighted by atomic mass is 19.1. The lowest BCUT2D eigenvalue weighted by atomic mass is 10.2. The second kappa shape index (κ2) is 2.78. The Balaban J connectivity index is 3.45. The van der Waals surface area contributed by atoms with Gasteiger partial charge in [0, 0.05) is 6.92 Å². The predicted molar refractivity (Wildman–Crippen MR) is 29.4 cm³/mol. The molecule has 0 aliphatic heterocycles. The van der Waals surface area contributed by atoms with Crippen LogP contribution >= 0.6 is 0 Å². The Hall–Kier alpha value is -0.330. The van der Waals surface area contributed by atoms with Gasteiger partial charge in [-0.25, -0.2) is 4.39 Å². The maximum Gasteiger partial charge on any atom is 0.0966 e. The van der Waals surface area contributed by atoms with Gasteiger partial charge in [0.1, 0.15) is 0 Å². The monoisotopic (exact) mass is 101 g/mol. The van der Waals surface area contributed by atoms with Gasteiger partial charge >= 0.3 is 0 Å². The highest BCUT2D eigenvalue weighted by Crippen LogP contribution is 2.00. The Kier molecular flexibility index (Phi) is 2.65. The van der Waals surface area contributed by atoms with Crippen LogP contribution in [0, 0.1) is 12.8 Å². The van der Waals surface area contributed by atoms with Gasteiger partial charge in [-0.1, -0.05) is 19.9 Å². The van der Waals surface area contributed by atoms with Crippen molar-refractivity contribution in [3.63, 3.8) is 0 Å². The van der Waals surface area contributed by atoms with Crippen molar-refractivity contribution in [1.29, 1.82) is 0 Å². The molecule has 0 spiro atoms. The fourth-order valence-electron chi connectivity index (χ4n) is 0.362. The minimum Gasteiger partial charge on any atom is -0.212 e. The topological polar surface area (TPSA) is 0 Å². The van der Waals surface area contributed by atoms with Crippen molar-refractivity contribution in [2.45, 2.75) is 13.8 Å². The minimum absolute atomic E-state index is 0.275. The van der Waals surface area contributed by atoms with E-state index < -0.39 is 0 Å². The summed E-state index contributed by atoms with van der Waals surface area (Å²) in [5.74, 6) is -0.0625. The van der Waals surface area contributed by atoms with Crippen molar-refractivity contribution in [2.24, 2.45) is 5.92 Å². The quantitative estimate of drug-likeness (QED) is 0.475. The fraction of sp³-hybridized carbons (Fsp3) is 0.500. The molecule has 0 saturated heterocycles. The van der Waals surface area contributed by atoms with Gasteiger partial charge in [0.05, 0.1) is 5.83 Å². The van der Waals surface area contributed by atoms with E-state index in [1.807, 2.05) is 13.8 Å². The molecule has 0 unspecified atom stereocenters. The third-order valence-electron chi connectivity index (χ3n) is 0.514. The summed E-state index contributed by atoms with van der Waals surface area (Å²) in [5, 5.41) is 0. The van der Waals surface area contributed by atoms with Crippen molar-refractivity contribution in [3.05, 3.63) is 18.8 Å². The first-order valence-electron chi connectivity index (χ1n) is 2.32. The Morgan fingerprint density at radius 2 is 2.14 bits per heavy atom. The molecule has 0 aromatic carbocycles. The first kappa shape index (κ1) is 6.67. The summed E-state index contributed by atoms with van der Waals surface area (Å²) in [7, 11) is 0. The summed E-state index contributed by atoms with van der Waals surface area (Å²) in [6.07, 6.45) is 1.47. The Morgan fingerprint density at radius 1 is 1.71 bits per heavy atom. The van der Waals surface area contributed by atoms with Crippen molar-refractivity contribution >= 4 is 0 Å². The van der Waals surface area contributed by atoms with E-state index in [1.165, 1.54) is 6.08 Å². The van der Waals surface area contributed by atoms with Gasteiger partial charge in [0.15, 0.2) is 0 Å². The molecule has 0 atom stereocenters. The van der Waals surface area contributed by atoms with E-state index in [4.69, 9.17) is 0 Å². The van der Waals surface area contributed by atoms with Crippen LogP contribution in [0.3, 0.4) is 0 Å². The zero-order valence-electron chi connectivity index (χ0n) is 4.74. The lowest BCUT2D eigenvalue weighted by molar-refractivity contribution is 0.643. The maximum atomic E-state index is 11.7. The van der Waals surface area contributed by atoms with Crippen molar-refractivity contribution in [2.75, 3.05) is 0 Å². The van der Waals surface area contributed by atoms with Gasteiger partial charge < -0.3 is 0 Å². The van der Waals surface area contributed by atoms with Gasteiger partial charge in [0.25, 0.3) is 0 Å². The standard InChI is InChI=1S/C6H10F/c1-5(2)4-6(3)7/h4-5H,3H2,1-2H3. The number of halogens is 1. The molecular formula is C6H10F. The zero-order valence-corrected chi connectivity index (χ0v) is 4.74. The molecule has 0 nitrogen and oxygen atoms in total. The molecule has 1 radical (unpaired) electrons. The average Bonchev–Trinajstić information content (AvgIpc) is 1.27. The number of allylic oxidation sites excluding steroid dienone is 2. The molecule has 0 rings (SSSR count). The molecule has 0 aliphatic carbocycles. The summed E-state index contributed by atoms with van der Waals surface area (Å²) in [6, 6.07) is 0. The van der Waals surface area contributed by atoms with Crippen LogP contribution in [-0.2, 0) is 0 Å². The first-order valence-corrected chi connectivity index (χ1v) is 2.32. The molecular weight excluding hydrogens is 91.1 g/mol. The second-order valence-electron chi connectivity index (χ2n) is 1.86. The molecule has 0 aromatic rings. The van der Waals surface area contributed by atoms with Gasteiger partial charge in [-0.2, -0.15) is 0 Å². The molecule has 0 amide bonds. The lowest BCUT2D eigenvalue weighted by Gasteiger charge is -1.90. The highest BCUT2D eigenvalue weighted by molar-refractivity contribution is 4.95. The van der Waals surface area contributed by atoms with E-state index in [0.717, 1.165) is 0 Å². The molecule has 0 bridgehead atoms. The van der Waals surface area contributed by atoms with Gasteiger partial charge in [0.2, 0.25) is 0 Å². The smallest absolute Gasteiger partial charge is 0.0966 e. The largest absolute Gasteiger partial charge is 0.212 e. The summed E-state index contributed by atoms with van der Waals surface area (Å²) in [5.41, 5.74) is 0. The molecule has 0 aliphatic rings. The third kappa shape index (κ3) is 5.67. The van der Waals surface area contributed by atoms with Crippen molar-refractivity contribution in [1.82, 2.24) is 0 Å². The number of hydrogen-bond donors (Lipinski definition) is 0. The predicted octanol–water partition coefficient (Wildman–Crippen LogP) is 2.33. The second-order valence-corrected chi connectivity index (χ2v) is 1.86. The molecule has 0 fully saturated rings. The maximum absolute atomic E-state index is 11.7. The van der Waals surface area contributed by atoms with Crippen molar-refractivity contribution < 1.29 is 4.39 Å². The van der Waals surface area contributed by atoms with Gasteiger partial charge in [-0.15, -0.1) is 0 Å². The van der Waals surface area contributed by atoms with Crippen LogP contribution in [0.15, 0.2) is 11.9 Å². The summed E-state index contributed by atoms with van der Waals surface area (Å²) >= 11 is 0. The molecule has 7 heavy (non-hydrogen) atoms. The number of rotatable bonds is 1. The summed E-state index contributed by atoms with van der Waals surface area (Å²) in [6.45, 7) is 6.89. The van der Waals surface area contributed by atoms with Gasteiger partial charge in [-0.05, 0) is 5.92 Å². The summed E-state index contributed by atoms with van der Waals surface area (Å²) in [4.78, 5) is 0. The highest BCUT2D eigenvalue weighted by Gasteiger charge is 1.85. The van der Waals surface area contributed by atoms with Gasteiger partial charge in [-0.3, -0.25) is 0 Å². The normalized spacial score (nSPS) is 13.0. The molecule has 0 N–H and O–H groups in total. The van der Waals surface area contributed by atoms with E-state index in [9.17, 15) is 4.39 Å². The summed E-state index contributed by atoms with van der Waals surface area (Å²) < 4.78 is 11.7. The Bertz CT molecular complexity index is 68.2. The minimum atomic E-state index is -0.338. The molecule has 1 heteroatoms. The van der Waals surface area contributed by atoms with E-state index in [2.05, 4.69) is 6.92 Å². The zero-order chi connectivity index (χ0) is 5.86. The Labute approximate surface area is 44.0 Å². The van der Waals surface area contributed by atoms with Crippen molar-refractivity contribution in [3.8, 4) is 0 Å². The number of hydrogen-bond acceptors (Lipinski definition) is 0. The lowest BCUT2D eigenvalue weighted by Crippen LogP contribution is -1.77. The van der Waals surface area contributed by atoms with Crippen LogP contribution in [0.4, 0.5) is 4.39 Å². The third-order valence-corrected chi connectivity index (χ3v) is 0.514. The van der Waals surface area contributed by atoms with E-state index >= 15 is 0 Å². The fourth-order valence-corrected chi connectivity index (χ4v) is 0.362.